The van der Waals surface area contributed by atoms with Gasteiger partial charge in [0.15, 0.2) is 0 Å². The lowest BCUT2D eigenvalue weighted by Crippen LogP contribution is -2.24. The Balaban J connectivity index is 1.64. The van der Waals surface area contributed by atoms with Crippen molar-refractivity contribution >= 4 is 23.2 Å². The lowest BCUT2D eigenvalue weighted by atomic mass is 10.0. The monoisotopic (exact) mass is 385 g/mol. The van der Waals surface area contributed by atoms with E-state index in [-0.39, 0.29) is 0 Å². The number of rotatable bonds is 6. The second-order valence-electron chi connectivity index (χ2n) is 6.44. The molecule has 1 atom stereocenters. The molecule has 0 heterocycles. The van der Waals surface area contributed by atoms with Crippen LogP contribution in [0.5, 0.6) is 0 Å². The number of aliphatic hydroxyl groups excluding tert-OH is 1. The molecule has 0 fully saturated rings. The van der Waals surface area contributed by atoms with Gasteiger partial charge in [-0.25, -0.2) is 0 Å². The van der Waals surface area contributed by atoms with Crippen molar-refractivity contribution in [2.75, 3.05) is 13.6 Å². The van der Waals surface area contributed by atoms with E-state index in [1.165, 1.54) is 5.56 Å². The first-order valence-corrected chi connectivity index (χ1v) is 9.24. The van der Waals surface area contributed by atoms with Crippen molar-refractivity contribution in [2.24, 2.45) is 0 Å². The molecule has 1 unspecified atom stereocenters. The summed E-state index contributed by atoms with van der Waals surface area (Å²) in [4.78, 5) is 2.11. The first kappa shape index (κ1) is 18.9. The van der Waals surface area contributed by atoms with E-state index >= 15 is 0 Å². The van der Waals surface area contributed by atoms with Gasteiger partial charge in [0.1, 0.15) is 0 Å². The van der Waals surface area contributed by atoms with Gasteiger partial charge in [0.2, 0.25) is 0 Å². The van der Waals surface area contributed by atoms with Crippen LogP contribution in [0.4, 0.5) is 0 Å². The lowest BCUT2D eigenvalue weighted by molar-refractivity contribution is 0.124. The van der Waals surface area contributed by atoms with Crippen LogP contribution in [0, 0.1) is 0 Å². The molecule has 3 aromatic rings. The van der Waals surface area contributed by atoms with Gasteiger partial charge < -0.3 is 5.11 Å². The largest absolute Gasteiger partial charge is 0.387 e. The second kappa shape index (κ2) is 8.70. The average molecular weight is 386 g/mol. The summed E-state index contributed by atoms with van der Waals surface area (Å²) in [7, 11) is 2.01. The highest BCUT2D eigenvalue weighted by Gasteiger charge is 2.11. The van der Waals surface area contributed by atoms with Gasteiger partial charge in [0.05, 0.1) is 6.10 Å². The predicted molar refractivity (Wildman–Crippen MR) is 110 cm³/mol. The summed E-state index contributed by atoms with van der Waals surface area (Å²) in [6.45, 7) is 1.33. The fourth-order valence-corrected chi connectivity index (χ4v) is 3.36. The van der Waals surface area contributed by atoms with Gasteiger partial charge in [0, 0.05) is 28.7 Å². The summed E-state index contributed by atoms with van der Waals surface area (Å²) in [5.41, 5.74) is 4.08. The van der Waals surface area contributed by atoms with E-state index < -0.39 is 6.10 Å². The molecule has 0 amide bonds. The van der Waals surface area contributed by atoms with Crippen LogP contribution in [0.3, 0.4) is 0 Å². The van der Waals surface area contributed by atoms with Crippen molar-refractivity contribution in [2.45, 2.75) is 12.6 Å². The number of likely N-dealkylation sites (N-methyl/N-ethyl adjacent to an activating group) is 1. The highest BCUT2D eigenvalue weighted by Crippen LogP contribution is 2.30. The Morgan fingerprint density at radius 3 is 2.31 bits per heavy atom. The van der Waals surface area contributed by atoms with Crippen LogP contribution in [0.1, 0.15) is 17.2 Å². The maximum absolute atomic E-state index is 10.3. The molecule has 0 aromatic heterocycles. The van der Waals surface area contributed by atoms with Gasteiger partial charge in [-0.1, -0.05) is 77.8 Å². The van der Waals surface area contributed by atoms with Crippen molar-refractivity contribution in [3.8, 4) is 11.1 Å². The molecule has 4 heteroatoms. The zero-order valence-corrected chi connectivity index (χ0v) is 16.1. The minimum atomic E-state index is -0.495. The first-order valence-electron chi connectivity index (χ1n) is 8.49. The summed E-state index contributed by atoms with van der Waals surface area (Å²) in [5, 5.41) is 11.7. The molecule has 1 N–H and O–H groups in total. The Bertz CT molecular complexity index is 850. The van der Waals surface area contributed by atoms with Crippen LogP contribution in [0.2, 0.25) is 10.0 Å². The molecule has 3 aromatic carbocycles. The van der Waals surface area contributed by atoms with Crippen LogP contribution in [-0.4, -0.2) is 23.6 Å². The molecule has 0 aliphatic heterocycles. The molecule has 0 saturated carbocycles. The molecule has 0 saturated heterocycles. The van der Waals surface area contributed by atoms with Crippen LogP contribution in [0.25, 0.3) is 11.1 Å². The number of aliphatic hydroxyl groups is 1. The summed E-state index contributed by atoms with van der Waals surface area (Å²) < 4.78 is 0. The number of hydrogen-bond donors (Lipinski definition) is 1. The van der Waals surface area contributed by atoms with E-state index in [4.69, 9.17) is 23.2 Å². The summed E-state index contributed by atoms with van der Waals surface area (Å²) in [5.74, 6) is 0. The molecular weight excluding hydrogens is 365 g/mol. The van der Waals surface area contributed by atoms with Gasteiger partial charge in [-0.2, -0.15) is 0 Å². The molecule has 0 radical (unpaired) electrons. The fraction of sp³-hybridized carbons (Fsp3) is 0.182. The van der Waals surface area contributed by atoms with E-state index in [1.807, 2.05) is 61.6 Å². The number of halogens is 2. The number of benzene rings is 3. The van der Waals surface area contributed by atoms with Crippen LogP contribution in [0.15, 0.2) is 72.8 Å². The molecule has 0 aliphatic carbocycles. The van der Waals surface area contributed by atoms with E-state index in [0.29, 0.717) is 16.6 Å². The highest BCUT2D eigenvalue weighted by atomic mass is 35.5. The zero-order chi connectivity index (χ0) is 18.5. The Hall–Kier alpha value is -1.84. The summed E-state index contributed by atoms with van der Waals surface area (Å²) >= 11 is 12.4. The highest BCUT2D eigenvalue weighted by molar-refractivity contribution is 6.35. The SMILES string of the molecule is CN(Cc1ccc(-c2cc(Cl)ccc2Cl)cc1)CC(O)c1ccccc1. The van der Waals surface area contributed by atoms with Gasteiger partial charge in [-0.05, 0) is 41.9 Å². The van der Waals surface area contributed by atoms with Crippen molar-refractivity contribution < 1.29 is 5.11 Å². The number of nitrogens with zero attached hydrogens (tertiary/aromatic N) is 1. The molecule has 26 heavy (non-hydrogen) atoms. The molecule has 0 spiro atoms. The molecule has 134 valence electrons. The zero-order valence-electron chi connectivity index (χ0n) is 14.6. The standard InChI is InChI=1S/C22H21Cl2NO/c1-25(15-22(26)18-5-3-2-4-6-18)14-16-7-9-17(10-8-16)20-13-19(23)11-12-21(20)24/h2-13,22,26H,14-15H2,1H3. The molecule has 3 rings (SSSR count). The minimum absolute atomic E-state index is 0.495. The van der Waals surface area contributed by atoms with Crippen molar-refractivity contribution in [1.82, 2.24) is 4.90 Å². The summed E-state index contributed by atoms with van der Waals surface area (Å²) in [6.07, 6.45) is -0.495. The minimum Gasteiger partial charge on any atom is -0.387 e. The molecular formula is C22H21Cl2NO. The van der Waals surface area contributed by atoms with E-state index in [1.54, 1.807) is 6.07 Å². The Labute approximate surface area is 164 Å². The average Bonchev–Trinajstić information content (AvgIpc) is 2.65. The third kappa shape index (κ3) is 4.87. The van der Waals surface area contributed by atoms with Crippen LogP contribution in [-0.2, 0) is 6.54 Å². The van der Waals surface area contributed by atoms with E-state index in [2.05, 4.69) is 17.0 Å². The van der Waals surface area contributed by atoms with E-state index in [9.17, 15) is 5.11 Å². The second-order valence-corrected chi connectivity index (χ2v) is 7.29. The quantitative estimate of drug-likeness (QED) is 0.577. The van der Waals surface area contributed by atoms with Gasteiger partial charge in [-0.15, -0.1) is 0 Å². The van der Waals surface area contributed by atoms with Crippen molar-refractivity contribution in [1.29, 1.82) is 0 Å². The topological polar surface area (TPSA) is 23.5 Å². The molecule has 2 nitrogen and oxygen atoms in total. The summed E-state index contributed by atoms with van der Waals surface area (Å²) in [6, 6.07) is 23.5. The van der Waals surface area contributed by atoms with Gasteiger partial charge in [0.25, 0.3) is 0 Å². The Kier molecular flexibility index (Phi) is 6.33. The normalized spacial score (nSPS) is 12.3. The van der Waals surface area contributed by atoms with Crippen LogP contribution >= 0.6 is 23.2 Å². The predicted octanol–water partition coefficient (Wildman–Crippen LogP) is 5.83. The maximum atomic E-state index is 10.3. The smallest absolute Gasteiger partial charge is 0.0916 e. The fourth-order valence-electron chi connectivity index (χ4n) is 2.96. The number of hydrogen-bond acceptors (Lipinski definition) is 2. The van der Waals surface area contributed by atoms with Crippen LogP contribution < -0.4 is 0 Å². The third-order valence-electron chi connectivity index (χ3n) is 4.31. The van der Waals surface area contributed by atoms with Gasteiger partial charge in [-0.3, -0.25) is 4.90 Å². The first-order chi connectivity index (χ1) is 12.5. The Morgan fingerprint density at radius 1 is 0.923 bits per heavy atom. The molecule has 0 bridgehead atoms. The Morgan fingerprint density at radius 2 is 1.62 bits per heavy atom. The lowest BCUT2D eigenvalue weighted by Gasteiger charge is -2.21. The van der Waals surface area contributed by atoms with Crippen molar-refractivity contribution in [3.05, 3.63) is 94.0 Å². The van der Waals surface area contributed by atoms with Crippen molar-refractivity contribution in [3.63, 3.8) is 0 Å². The van der Waals surface area contributed by atoms with Gasteiger partial charge >= 0.3 is 0 Å². The molecule has 0 aliphatic rings. The maximum Gasteiger partial charge on any atom is 0.0916 e. The van der Waals surface area contributed by atoms with E-state index in [0.717, 1.165) is 23.2 Å². The third-order valence-corrected chi connectivity index (χ3v) is 4.88.